The third kappa shape index (κ3) is 2.23. The number of hydrogen-bond acceptors (Lipinski definition) is 1. The number of rotatable bonds is 4. The van der Waals surface area contributed by atoms with Gasteiger partial charge >= 0.3 is 0 Å². The van der Waals surface area contributed by atoms with Crippen molar-refractivity contribution in [3.63, 3.8) is 0 Å². The second-order valence-electron chi connectivity index (χ2n) is 5.01. The SMILES string of the molecule is Fc1ccc(NCC2(c3ccccc3)CC2)cc1. The topological polar surface area (TPSA) is 12.0 Å². The Balaban J connectivity index is 1.68. The van der Waals surface area contributed by atoms with Gasteiger partial charge in [-0.3, -0.25) is 0 Å². The summed E-state index contributed by atoms with van der Waals surface area (Å²) in [6.07, 6.45) is 2.45. The first-order valence-electron chi connectivity index (χ1n) is 6.34. The number of hydrogen-bond donors (Lipinski definition) is 1. The molecule has 2 aromatic rings. The third-order valence-electron chi connectivity index (χ3n) is 3.71. The van der Waals surface area contributed by atoms with Crippen LogP contribution in [0.2, 0.25) is 0 Å². The maximum atomic E-state index is 12.8. The van der Waals surface area contributed by atoms with Crippen molar-refractivity contribution in [2.45, 2.75) is 18.3 Å². The zero-order valence-electron chi connectivity index (χ0n) is 10.2. The van der Waals surface area contributed by atoms with Crippen LogP contribution >= 0.6 is 0 Å². The van der Waals surface area contributed by atoms with Crippen molar-refractivity contribution in [3.05, 3.63) is 66.0 Å². The summed E-state index contributed by atoms with van der Waals surface area (Å²) in [7, 11) is 0. The second-order valence-corrected chi connectivity index (χ2v) is 5.01. The number of anilines is 1. The highest BCUT2D eigenvalue weighted by atomic mass is 19.1. The molecule has 0 saturated heterocycles. The van der Waals surface area contributed by atoms with E-state index >= 15 is 0 Å². The van der Waals surface area contributed by atoms with Gasteiger partial charge in [0.1, 0.15) is 5.82 Å². The Kier molecular flexibility index (Phi) is 2.78. The van der Waals surface area contributed by atoms with Gasteiger partial charge in [-0.15, -0.1) is 0 Å². The zero-order valence-corrected chi connectivity index (χ0v) is 10.2. The van der Waals surface area contributed by atoms with Gasteiger partial charge in [0.2, 0.25) is 0 Å². The Morgan fingerprint density at radius 1 is 0.944 bits per heavy atom. The van der Waals surface area contributed by atoms with E-state index in [1.165, 1.54) is 30.5 Å². The quantitative estimate of drug-likeness (QED) is 0.854. The molecule has 1 N–H and O–H groups in total. The van der Waals surface area contributed by atoms with E-state index in [-0.39, 0.29) is 11.2 Å². The molecule has 18 heavy (non-hydrogen) atoms. The molecule has 1 aliphatic rings. The highest BCUT2D eigenvalue weighted by molar-refractivity contribution is 5.45. The first kappa shape index (κ1) is 11.3. The van der Waals surface area contributed by atoms with Gasteiger partial charge in [-0.1, -0.05) is 30.3 Å². The lowest BCUT2D eigenvalue weighted by Crippen LogP contribution is -2.19. The minimum atomic E-state index is -0.190. The van der Waals surface area contributed by atoms with E-state index in [9.17, 15) is 4.39 Å². The van der Waals surface area contributed by atoms with Gasteiger partial charge in [0, 0.05) is 17.6 Å². The third-order valence-corrected chi connectivity index (χ3v) is 3.71. The van der Waals surface area contributed by atoms with E-state index in [1.807, 2.05) is 6.07 Å². The molecule has 2 aromatic carbocycles. The molecular weight excluding hydrogens is 225 g/mol. The molecule has 0 aliphatic heterocycles. The molecule has 0 radical (unpaired) electrons. The molecule has 0 spiro atoms. The summed E-state index contributed by atoms with van der Waals surface area (Å²) in [6.45, 7) is 0.919. The van der Waals surface area contributed by atoms with Crippen molar-refractivity contribution < 1.29 is 4.39 Å². The van der Waals surface area contributed by atoms with Crippen molar-refractivity contribution in [3.8, 4) is 0 Å². The Hall–Kier alpha value is -1.83. The van der Waals surface area contributed by atoms with Crippen molar-refractivity contribution >= 4 is 5.69 Å². The van der Waals surface area contributed by atoms with Gasteiger partial charge in [0.25, 0.3) is 0 Å². The summed E-state index contributed by atoms with van der Waals surface area (Å²) < 4.78 is 12.8. The molecule has 0 bridgehead atoms. The van der Waals surface area contributed by atoms with Crippen LogP contribution in [-0.4, -0.2) is 6.54 Å². The lowest BCUT2D eigenvalue weighted by atomic mass is 9.96. The van der Waals surface area contributed by atoms with Gasteiger partial charge in [0.15, 0.2) is 0 Å². The summed E-state index contributed by atoms with van der Waals surface area (Å²) in [4.78, 5) is 0. The Labute approximate surface area is 107 Å². The van der Waals surface area contributed by atoms with Crippen LogP contribution < -0.4 is 5.32 Å². The zero-order chi connectivity index (χ0) is 12.4. The molecule has 0 atom stereocenters. The minimum absolute atomic E-state index is 0.190. The smallest absolute Gasteiger partial charge is 0.123 e. The highest BCUT2D eigenvalue weighted by Crippen LogP contribution is 2.48. The summed E-state index contributed by atoms with van der Waals surface area (Å²) in [5.41, 5.74) is 2.67. The Morgan fingerprint density at radius 3 is 2.22 bits per heavy atom. The fourth-order valence-corrected chi connectivity index (χ4v) is 2.35. The maximum absolute atomic E-state index is 12.8. The van der Waals surface area contributed by atoms with E-state index in [0.717, 1.165) is 12.2 Å². The molecule has 2 heteroatoms. The maximum Gasteiger partial charge on any atom is 0.123 e. The normalized spacial score (nSPS) is 16.3. The van der Waals surface area contributed by atoms with Crippen molar-refractivity contribution in [2.24, 2.45) is 0 Å². The highest BCUT2D eigenvalue weighted by Gasteiger charge is 2.43. The fourth-order valence-electron chi connectivity index (χ4n) is 2.35. The van der Waals surface area contributed by atoms with E-state index in [4.69, 9.17) is 0 Å². The summed E-state index contributed by atoms with van der Waals surface area (Å²) >= 11 is 0. The van der Waals surface area contributed by atoms with Crippen LogP contribution in [0.1, 0.15) is 18.4 Å². The number of halogens is 1. The molecular formula is C16H16FN. The minimum Gasteiger partial charge on any atom is -0.384 e. The predicted octanol–water partition coefficient (Wildman–Crippen LogP) is 3.97. The van der Waals surface area contributed by atoms with E-state index in [2.05, 4.69) is 29.6 Å². The molecule has 3 rings (SSSR count). The number of benzene rings is 2. The standard InChI is InChI=1S/C16H16FN/c17-14-6-8-15(9-7-14)18-12-16(10-11-16)13-4-2-1-3-5-13/h1-9,18H,10-12H2. The average molecular weight is 241 g/mol. The van der Waals surface area contributed by atoms with Crippen molar-refractivity contribution in [2.75, 3.05) is 11.9 Å². The largest absolute Gasteiger partial charge is 0.384 e. The molecule has 1 nitrogen and oxygen atoms in total. The van der Waals surface area contributed by atoms with Crippen LogP contribution in [0.5, 0.6) is 0 Å². The van der Waals surface area contributed by atoms with Crippen molar-refractivity contribution in [1.82, 2.24) is 0 Å². The van der Waals surface area contributed by atoms with E-state index in [1.54, 1.807) is 12.1 Å². The molecule has 0 amide bonds. The second kappa shape index (κ2) is 4.45. The Bertz CT molecular complexity index is 515. The van der Waals surface area contributed by atoms with Gasteiger partial charge < -0.3 is 5.32 Å². The van der Waals surface area contributed by atoms with Gasteiger partial charge in [0.05, 0.1) is 0 Å². The van der Waals surface area contributed by atoms with E-state index < -0.39 is 0 Å². The molecule has 0 unspecified atom stereocenters. The molecule has 0 aromatic heterocycles. The average Bonchev–Trinajstić information content (AvgIpc) is 3.20. The number of nitrogens with one attached hydrogen (secondary N) is 1. The summed E-state index contributed by atoms with van der Waals surface area (Å²) in [5.74, 6) is -0.190. The monoisotopic (exact) mass is 241 g/mol. The molecule has 1 saturated carbocycles. The van der Waals surface area contributed by atoms with Crippen LogP contribution in [0.25, 0.3) is 0 Å². The van der Waals surface area contributed by atoms with Gasteiger partial charge in [-0.05, 0) is 42.7 Å². The fraction of sp³-hybridized carbons (Fsp3) is 0.250. The van der Waals surface area contributed by atoms with Crippen LogP contribution in [-0.2, 0) is 5.41 Å². The summed E-state index contributed by atoms with van der Waals surface area (Å²) in [5, 5.41) is 3.41. The van der Waals surface area contributed by atoms with E-state index in [0.29, 0.717) is 0 Å². The molecule has 1 fully saturated rings. The van der Waals surface area contributed by atoms with Gasteiger partial charge in [-0.25, -0.2) is 4.39 Å². The van der Waals surface area contributed by atoms with Crippen LogP contribution in [0, 0.1) is 5.82 Å². The molecule has 0 heterocycles. The summed E-state index contributed by atoms with van der Waals surface area (Å²) in [6, 6.07) is 17.2. The Morgan fingerprint density at radius 2 is 1.61 bits per heavy atom. The van der Waals surface area contributed by atoms with Crippen LogP contribution in [0.3, 0.4) is 0 Å². The van der Waals surface area contributed by atoms with Crippen LogP contribution in [0.15, 0.2) is 54.6 Å². The molecule has 1 aliphatic carbocycles. The van der Waals surface area contributed by atoms with Crippen LogP contribution in [0.4, 0.5) is 10.1 Å². The van der Waals surface area contributed by atoms with Gasteiger partial charge in [-0.2, -0.15) is 0 Å². The lowest BCUT2D eigenvalue weighted by molar-refractivity contribution is 0.628. The van der Waals surface area contributed by atoms with Crippen molar-refractivity contribution in [1.29, 1.82) is 0 Å². The predicted molar refractivity (Wildman–Crippen MR) is 72.2 cm³/mol. The lowest BCUT2D eigenvalue weighted by Gasteiger charge is -2.17. The first-order valence-corrected chi connectivity index (χ1v) is 6.34. The first-order chi connectivity index (χ1) is 8.78. The molecule has 92 valence electrons.